The van der Waals surface area contributed by atoms with Gasteiger partial charge < -0.3 is 10.5 Å². The van der Waals surface area contributed by atoms with Crippen LogP contribution in [0.3, 0.4) is 0 Å². The third-order valence-corrected chi connectivity index (χ3v) is 1.45. The van der Waals surface area contributed by atoms with Gasteiger partial charge >= 0.3 is 12.1 Å². The van der Waals surface area contributed by atoms with Gasteiger partial charge in [-0.15, -0.1) is 0 Å². The molecule has 5 nitrogen and oxygen atoms in total. The van der Waals surface area contributed by atoms with E-state index < -0.39 is 17.7 Å². The van der Waals surface area contributed by atoms with E-state index in [1.165, 1.54) is 0 Å². The fraction of sp³-hybridized carbons (Fsp3) is 0.714. The minimum Gasteiger partial charge on any atom is -0.443 e. The number of hydrogen-bond donors (Lipinski definition) is 2. The zero-order valence-corrected chi connectivity index (χ0v) is 7.51. The van der Waals surface area contributed by atoms with Crippen LogP contribution < -0.4 is 11.1 Å². The van der Waals surface area contributed by atoms with Gasteiger partial charge in [-0.25, -0.2) is 14.9 Å². The molecular weight excluding hydrogens is 160 g/mol. The second kappa shape index (κ2) is 3.94. The molecule has 0 aliphatic carbocycles. The molecule has 0 saturated heterocycles. The predicted octanol–water partition coefficient (Wildman–Crippen LogP) is 0.980. The van der Waals surface area contributed by atoms with Crippen LogP contribution in [-0.2, 0) is 4.74 Å². The number of amides is 3. The lowest BCUT2D eigenvalue weighted by Crippen LogP contribution is -2.40. The van der Waals surface area contributed by atoms with Crippen molar-refractivity contribution in [2.45, 2.75) is 32.8 Å². The van der Waals surface area contributed by atoms with Gasteiger partial charge in [0.15, 0.2) is 0 Å². The van der Waals surface area contributed by atoms with E-state index in [4.69, 9.17) is 10.5 Å². The van der Waals surface area contributed by atoms with Gasteiger partial charge in [-0.2, -0.15) is 0 Å². The summed E-state index contributed by atoms with van der Waals surface area (Å²) in [5.74, 6) is 0. The van der Waals surface area contributed by atoms with E-state index in [9.17, 15) is 9.59 Å². The summed E-state index contributed by atoms with van der Waals surface area (Å²) in [7, 11) is 0. The Balaban J connectivity index is 3.92. The number of imide groups is 1. The highest BCUT2D eigenvalue weighted by molar-refractivity contribution is 5.89. The summed E-state index contributed by atoms with van der Waals surface area (Å²) in [6.45, 7) is 5.36. The van der Waals surface area contributed by atoms with Gasteiger partial charge in [0.2, 0.25) is 0 Å². The third-order valence-electron chi connectivity index (χ3n) is 1.45. The molecule has 0 spiro atoms. The molecule has 12 heavy (non-hydrogen) atoms. The normalized spacial score (nSPS) is 10.6. The summed E-state index contributed by atoms with van der Waals surface area (Å²) in [6, 6.07) is -0.910. The van der Waals surface area contributed by atoms with Crippen molar-refractivity contribution >= 4 is 12.1 Å². The number of ether oxygens (including phenoxy) is 1. The van der Waals surface area contributed by atoms with Crippen molar-refractivity contribution in [2.24, 2.45) is 5.73 Å². The zero-order valence-electron chi connectivity index (χ0n) is 7.51. The van der Waals surface area contributed by atoms with E-state index >= 15 is 0 Å². The monoisotopic (exact) mass is 174 g/mol. The van der Waals surface area contributed by atoms with E-state index in [-0.39, 0.29) is 0 Å². The highest BCUT2D eigenvalue weighted by atomic mass is 16.6. The topological polar surface area (TPSA) is 81.4 Å². The molecule has 0 aliphatic rings. The Kier molecular flexibility index (Phi) is 3.53. The fourth-order valence-corrected chi connectivity index (χ4v) is 0.449. The van der Waals surface area contributed by atoms with E-state index in [1.54, 1.807) is 13.8 Å². The molecule has 3 amide bonds. The van der Waals surface area contributed by atoms with Crippen molar-refractivity contribution in [3.05, 3.63) is 0 Å². The van der Waals surface area contributed by atoms with Crippen molar-refractivity contribution in [3.8, 4) is 0 Å². The van der Waals surface area contributed by atoms with E-state index in [0.717, 1.165) is 0 Å². The van der Waals surface area contributed by atoms with Gasteiger partial charge in [-0.1, -0.05) is 6.92 Å². The van der Waals surface area contributed by atoms with E-state index in [2.05, 4.69) is 0 Å². The molecule has 0 aromatic carbocycles. The first-order valence-corrected chi connectivity index (χ1v) is 3.67. The summed E-state index contributed by atoms with van der Waals surface area (Å²) in [5.41, 5.74) is 4.13. The van der Waals surface area contributed by atoms with E-state index in [0.29, 0.717) is 6.42 Å². The molecule has 0 rings (SSSR count). The van der Waals surface area contributed by atoms with Crippen LogP contribution in [0.2, 0.25) is 0 Å². The minimum absolute atomic E-state index is 0.570. The van der Waals surface area contributed by atoms with Gasteiger partial charge in [0.1, 0.15) is 5.60 Å². The molecule has 0 fully saturated rings. The molecule has 70 valence electrons. The molecule has 0 saturated carbocycles. The Morgan fingerprint density at radius 3 is 2.33 bits per heavy atom. The minimum atomic E-state index is -0.910. The lowest BCUT2D eigenvalue weighted by atomic mass is 10.1. The number of urea groups is 1. The molecule has 0 aromatic heterocycles. The molecule has 0 radical (unpaired) electrons. The predicted molar refractivity (Wildman–Crippen MR) is 43.6 cm³/mol. The Morgan fingerprint density at radius 2 is 2.00 bits per heavy atom. The Labute approximate surface area is 71.3 Å². The average Bonchev–Trinajstić information content (AvgIpc) is 1.84. The molecule has 0 aliphatic heterocycles. The highest BCUT2D eigenvalue weighted by Gasteiger charge is 2.20. The SMILES string of the molecule is CCC(C)(C)OC(=O)NC(N)=O. The maximum atomic E-state index is 10.8. The van der Waals surface area contributed by atoms with Crippen LogP contribution in [0.15, 0.2) is 0 Å². The van der Waals surface area contributed by atoms with Crippen molar-refractivity contribution in [1.82, 2.24) is 5.32 Å². The lowest BCUT2D eigenvalue weighted by molar-refractivity contribution is 0.0384. The standard InChI is InChI=1S/C7H14N2O3/c1-4-7(2,3)12-6(11)9-5(8)10/h4H2,1-3H3,(H3,8,9,10,11). The first-order chi connectivity index (χ1) is 5.37. The quantitative estimate of drug-likeness (QED) is 0.654. The molecule has 0 atom stereocenters. The van der Waals surface area contributed by atoms with Crippen LogP contribution in [0.5, 0.6) is 0 Å². The van der Waals surface area contributed by atoms with Crippen molar-refractivity contribution < 1.29 is 14.3 Å². The maximum Gasteiger partial charge on any atom is 0.415 e. The van der Waals surface area contributed by atoms with Gasteiger partial charge in [0.05, 0.1) is 0 Å². The van der Waals surface area contributed by atoms with Crippen molar-refractivity contribution in [2.75, 3.05) is 0 Å². The molecular formula is C7H14N2O3. The first-order valence-electron chi connectivity index (χ1n) is 3.67. The van der Waals surface area contributed by atoms with Crippen molar-refractivity contribution in [1.29, 1.82) is 0 Å². The molecule has 5 heteroatoms. The maximum absolute atomic E-state index is 10.8. The molecule has 3 N–H and O–H groups in total. The third kappa shape index (κ3) is 4.54. The number of nitrogens with one attached hydrogen (secondary N) is 1. The van der Waals surface area contributed by atoms with Crippen molar-refractivity contribution in [3.63, 3.8) is 0 Å². The number of alkyl carbamates (subject to hydrolysis) is 1. The van der Waals surface area contributed by atoms with Gasteiger partial charge in [0, 0.05) is 0 Å². The summed E-state index contributed by atoms with van der Waals surface area (Å²) in [5, 5.41) is 1.81. The Hall–Kier alpha value is -1.26. The second-order valence-electron chi connectivity index (χ2n) is 2.99. The number of hydrogen-bond acceptors (Lipinski definition) is 3. The van der Waals surface area contributed by atoms with Crippen LogP contribution in [-0.4, -0.2) is 17.7 Å². The summed E-state index contributed by atoms with van der Waals surface area (Å²) < 4.78 is 4.85. The highest BCUT2D eigenvalue weighted by Crippen LogP contribution is 2.12. The molecule has 0 unspecified atom stereocenters. The fourth-order valence-electron chi connectivity index (χ4n) is 0.449. The molecule has 0 aromatic rings. The Morgan fingerprint density at radius 1 is 1.50 bits per heavy atom. The largest absolute Gasteiger partial charge is 0.443 e. The van der Waals surface area contributed by atoms with Crippen LogP contribution in [0.4, 0.5) is 9.59 Å². The number of carbonyl (C=O) groups excluding carboxylic acids is 2. The van der Waals surface area contributed by atoms with Crippen LogP contribution in [0, 0.1) is 0 Å². The van der Waals surface area contributed by atoms with E-state index in [1.807, 2.05) is 12.2 Å². The first kappa shape index (κ1) is 10.7. The molecule has 0 bridgehead atoms. The Bertz CT molecular complexity index is 189. The number of primary amides is 1. The van der Waals surface area contributed by atoms with Gasteiger partial charge in [0.25, 0.3) is 0 Å². The summed E-state index contributed by atoms with van der Waals surface area (Å²) in [4.78, 5) is 21.0. The van der Waals surface area contributed by atoms with Crippen LogP contribution in [0.1, 0.15) is 27.2 Å². The van der Waals surface area contributed by atoms with Crippen LogP contribution in [0.25, 0.3) is 0 Å². The number of nitrogens with two attached hydrogens (primary N) is 1. The number of carbonyl (C=O) groups is 2. The molecule has 0 heterocycles. The van der Waals surface area contributed by atoms with Gasteiger partial charge in [-0.3, -0.25) is 0 Å². The smallest absolute Gasteiger partial charge is 0.415 e. The second-order valence-corrected chi connectivity index (χ2v) is 2.99. The van der Waals surface area contributed by atoms with Gasteiger partial charge in [-0.05, 0) is 20.3 Å². The lowest BCUT2D eigenvalue weighted by Gasteiger charge is -2.22. The number of rotatable bonds is 2. The summed E-state index contributed by atoms with van der Waals surface area (Å²) >= 11 is 0. The van der Waals surface area contributed by atoms with Crippen LogP contribution >= 0.6 is 0 Å². The summed E-state index contributed by atoms with van der Waals surface area (Å²) in [6.07, 6.45) is -0.145. The zero-order chi connectivity index (χ0) is 9.78. The average molecular weight is 174 g/mol.